The van der Waals surface area contributed by atoms with Crippen molar-refractivity contribution in [3.05, 3.63) is 12.7 Å². The maximum atomic E-state index is 11.3. The quantitative estimate of drug-likeness (QED) is 0.561. The van der Waals surface area contributed by atoms with Crippen molar-refractivity contribution in [2.24, 2.45) is 0 Å². The zero-order valence-electron chi connectivity index (χ0n) is 8.97. The predicted molar refractivity (Wildman–Crippen MR) is 57.1 cm³/mol. The van der Waals surface area contributed by atoms with Gasteiger partial charge >= 0.3 is 6.03 Å². The summed E-state index contributed by atoms with van der Waals surface area (Å²) in [6, 6.07) is -0.269. The van der Waals surface area contributed by atoms with Crippen molar-refractivity contribution in [3.63, 3.8) is 0 Å². The number of aliphatic hydroxyl groups is 1. The fourth-order valence-corrected chi connectivity index (χ4v) is 1.22. The SMILES string of the molecule is C=CCNC(=O)NC(C)(CO)CCC. The summed E-state index contributed by atoms with van der Waals surface area (Å²) in [4.78, 5) is 11.3. The molecule has 1 unspecified atom stereocenters. The lowest BCUT2D eigenvalue weighted by molar-refractivity contribution is 0.163. The van der Waals surface area contributed by atoms with Crippen LogP contribution in [0.25, 0.3) is 0 Å². The second-order valence-corrected chi connectivity index (χ2v) is 3.59. The lowest BCUT2D eigenvalue weighted by Crippen LogP contribution is -2.52. The Morgan fingerprint density at radius 1 is 1.64 bits per heavy atom. The Morgan fingerprint density at radius 3 is 2.71 bits per heavy atom. The minimum absolute atomic E-state index is 0.0532. The van der Waals surface area contributed by atoms with Crippen LogP contribution in [-0.4, -0.2) is 29.8 Å². The third-order valence-corrected chi connectivity index (χ3v) is 1.97. The monoisotopic (exact) mass is 200 g/mol. The first-order valence-electron chi connectivity index (χ1n) is 4.85. The van der Waals surface area contributed by atoms with Crippen molar-refractivity contribution in [3.8, 4) is 0 Å². The van der Waals surface area contributed by atoms with Gasteiger partial charge in [0.1, 0.15) is 0 Å². The molecular formula is C10H20N2O2. The molecule has 2 amide bonds. The van der Waals surface area contributed by atoms with Crippen molar-refractivity contribution < 1.29 is 9.90 Å². The molecule has 0 heterocycles. The van der Waals surface area contributed by atoms with Crippen LogP contribution in [0.2, 0.25) is 0 Å². The predicted octanol–water partition coefficient (Wildman–Crippen LogP) is 1.02. The van der Waals surface area contributed by atoms with Gasteiger partial charge in [-0.2, -0.15) is 0 Å². The van der Waals surface area contributed by atoms with Crippen LogP contribution >= 0.6 is 0 Å². The molecule has 4 nitrogen and oxygen atoms in total. The van der Waals surface area contributed by atoms with E-state index in [0.29, 0.717) is 6.54 Å². The number of carbonyl (C=O) groups is 1. The van der Waals surface area contributed by atoms with Gasteiger partial charge in [-0.05, 0) is 13.3 Å². The van der Waals surface area contributed by atoms with E-state index in [1.54, 1.807) is 6.08 Å². The van der Waals surface area contributed by atoms with Gasteiger partial charge in [-0.1, -0.05) is 19.4 Å². The first-order chi connectivity index (χ1) is 6.58. The lowest BCUT2D eigenvalue weighted by atomic mass is 9.98. The number of hydrogen-bond donors (Lipinski definition) is 3. The molecule has 4 heteroatoms. The van der Waals surface area contributed by atoms with E-state index in [9.17, 15) is 4.79 Å². The molecule has 0 spiro atoms. The minimum atomic E-state index is -0.528. The van der Waals surface area contributed by atoms with Crippen molar-refractivity contribution in [2.75, 3.05) is 13.2 Å². The number of urea groups is 1. The first-order valence-corrected chi connectivity index (χ1v) is 4.85. The van der Waals surface area contributed by atoms with E-state index in [1.165, 1.54) is 0 Å². The fraction of sp³-hybridized carbons (Fsp3) is 0.700. The smallest absolute Gasteiger partial charge is 0.315 e. The Labute approximate surface area is 85.4 Å². The molecule has 3 N–H and O–H groups in total. The summed E-state index contributed by atoms with van der Waals surface area (Å²) in [6.07, 6.45) is 3.28. The normalized spacial score (nSPS) is 14.2. The molecule has 0 aliphatic carbocycles. The highest BCUT2D eigenvalue weighted by atomic mass is 16.3. The molecule has 0 rings (SSSR count). The summed E-state index contributed by atoms with van der Waals surface area (Å²) < 4.78 is 0. The topological polar surface area (TPSA) is 61.4 Å². The van der Waals surface area contributed by atoms with Gasteiger partial charge in [-0.15, -0.1) is 6.58 Å². The molecule has 0 radical (unpaired) electrons. The van der Waals surface area contributed by atoms with Crippen LogP contribution in [0.4, 0.5) is 4.79 Å². The van der Waals surface area contributed by atoms with E-state index >= 15 is 0 Å². The van der Waals surface area contributed by atoms with E-state index in [0.717, 1.165) is 12.8 Å². The van der Waals surface area contributed by atoms with Crippen molar-refractivity contribution >= 4 is 6.03 Å². The number of rotatable bonds is 6. The Bertz CT molecular complexity index is 195. The van der Waals surface area contributed by atoms with Gasteiger partial charge in [-0.25, -0.2) is 4.79 Å². The molecule has 0 bridgehead atoms. The Hall–Kier alpha value is -1.03. The highest BCUT2D eigenvalue weighted by Crippen LogP contribution is 2.10. The number of nitrogens with one attached hydrogen (secondary N) is 2. The van der Waals surface area contributed by atoms with Gasteiger partial charge in [0.05, 0.1) is 12.1 Å². The molecule has 0 aromatic heterocycles. The van der Waals surface area contributed by atoms with Crippen LogP contribution in [0.3, 0.4) is 0 Å². The third kappa shape index (κ3) is 4.87. The Morgan fingerprint density at radius 2 is 2.29 bits per heavy atom. The maximum absolute atomic E-state index is 11.3. The third-order valence-electron chi connectivity index (χ3n) is 1.97. The van der Waals surface area contributed by atoms with Gasteiger partial charge in [-0.3, -0.25) is 0 Å². The highest BCUT2D eigenvalue weighted by molar-refractivity contribution is 5.74. The van der Waals surface area contributed by atoms with E-state index in [2.05, 4.69) is 17.2 Å². The molecule has 0 aromatic carbocycles. The zero-order chi connectivity index (χ0) is 11.0. The van der Waals surface area contributed by atoms with E-state index < -0.39 is 5.54 Å². The van der Waals surface area contributed by atoms with Gasteiger partial charge in [0.25, 0.3) is 0 Å². The average Bonchev–Trinajstić information content (AvgIpc) is 2.15. The van der Waals surface area contributed by atoms with Crippen LogP contribution in [0.5, 0.6) is 0 Å². The molecule has 82 valence electrons. The molecule has 0 fully saturated rings. The summed E-state index contributed by atoms with van der Waals surface area (Å²) in [5.41, 5.74) is -0.528. The maximum Gasteiger partial charge on any atom is 0.315 e. The second-order valence-electron chi connectivity index (χ2n) is 3.59. The number of carbonyl (C=O) groups excluding carboxylic acids is 1. The van der Waals surface area contributed by atoms with Crippen molar-refractivity contribution in [1.29, 1.82) is 0 Å². The molecule has 14 heavy (non-hydrogen) atoms. The van der Waals surface area contributed by atoms with Crippen LogP contribution < -0.4 is 10.6 Å². The fourth-order valence-electron chi connectivity index (χ4n) is 1.22. The van der Waals surface area contributed by atoms with Crippen LogP contribution in [0, 0.1) is 0 Å². The lowest BCUT2D eigenvalue weighted by Gasteiger charge is -2.28. The van der Waals surface area contributed by atoms with Crippen LogP contribution in [0.1, 0.15) is 26.7 Å². The summed E-state index contributed by atoms with van der Waals surface area (Å²) in [5, 5.41) is 14.5. The summed E-state index contributed by atoms with van der Waals surface area (Å²) in [6.45, 7) is 7.71. The molecular weight excluding hydrogens is 180 g/mol. The molecule has 0 saturated heterocycles. The van der Waals surface area contributed by atoms with E-state index in [4.69, 9.17) is 5.11 Å². The van der Waals surface area contributed by atoms with Gasteiger partial charge in [0.2, 0.25) is 0 Å². The van der Waals surface area contributed by atoms with E-state index in [1.807, 2.05) is 13.8 Å². The molecule has 0 saturated carbocycles. The van der Waals surface area contributed by atoms with Crippen molar-refractivity contribution in [2.45, 2.75) is 32.2 Å². The van der Waals surface area contributed by atoms with Crippen molar-refractivity contribution in [1.82, 2.24) is 10.6 Å². The van der Waals surface area contributed by atoms with E-state index in [-0.39, 0.29) is 12.6 Å². The molecule has 1 atom stereocenters. The number of hydrogen-bond acceptors (Lipinski definition) is 2. The molecule has 0 aliphatic heterocycles. The van der Waals surface area contributed by atoms with Crippen LogP contribution in [0.15, 0.2) is 12.7 Å². The Kier molecular flexibility index (Phi) is 5.95. The molecule has 0 aromatic rings. The largest absolute Gasteiger partial charge is 0.394 e. The molecule has 0 aliphatic rings. The van der Waals surface area contributed by atoms with Gasteiger partial charge in [0, 0.05) is 6.54 Å². The summed E-state index contributed by atoms with van der Waals surface area (Å²) in [7, 11) is 0. The Balaban J connectivity index is 4.02. The van der Waals surface area contributed by atoms with Crippen LogP contribution in [-0.2, 0) is 0 Å². The standard InChI is InChI=1S/C10H20N2O2/c1-4-6-10(3,8-13)12-9(14)11-7-5-2/h5,13H,2,4,6-8H2,1,3H3,(H2,11,12,14). The van der Waals surface area contributed by atoms with Gasteiger partial charge in [0.15, 0.2) is 0 Å². The summed E-state index contributed by atoms with van der Waals surface area (Å²) >= 11 is 0. The average molecular weight is 200 g/mol. The zero-order valence-corrected chi connectivity index (χ0v) is 8.97. The summed E-state index contributed by atoms with van der Waals surface area (Å²) in [5.74, 6) is 0. The first kappa shape index (κ1) is 13.0. The van der Waals surface area contributed by atoms with Gasteiger partial charge < -0.3 is 15.7 Å². The number of amides is 2. The highest BCUT2D eigenvalue weighted by Gasteiger charge is 2.23. The second kappa shape index (κ2) is 6.43. The number of aliphatic hydroxyl groups excluding tert-OH is 1. The minimum Gasteiger partial charge on any atom is -0.394 e.